The van der Waals surface area contributed by atoms with Gasteiger partial charge in [-0.15, -0.1) is 11.3 Å². The molecule has 1 heterocycles. The molecule has 0 aliphatic rings. The van der Waals surface area contributed by atoms with Gasteiger partial charge in [-0.05, 0) is 30.4 Å². The molecule has 0 saturated heterocycles. The van der Waals surface area contributed by atoms with Gasteiger partial charge in [-0.2, -0.15) is 0 Å². The predicted octanol–water partition coefficient (Wildman–Crippen LogP) is 4.23. The molecule has 0 amide bonds. The van der Waals surface area contributed by atoms with Crippen LogP contribution in [0.1, 0.15) is 39.5 Å². The van der Waals surface area contributed by atoms with Gasteiger partial charge >= 0.3 is 7.12 Å². The van der Waals surface area contributed by atoms with Crippen molar-refractivity contribution in [1.82, 2.24) is 0 Å². The van der Waals surface area contributed by atoms with Crippen LogP contribution in [0.3, 0.4) is 0 Å². The van der Waals surface area contributed by atoms with E-state index in [2.05, 4.69) is 44.2 Å². The molecule has 0 fully saturated rings. The van der Waals surface area contributed by atoms with E-state index < -0.39 is 0 Å². The maximum absolute atomic E-state index is 5.93. The highest BCUT2D eigenvalue weighted by molar-refractivity contribution is 7.28. The highest BCUT2D eigenvalue weighted by atomic mass is 32.1. The fourth-order valence-electron chi connectivity index (χ4n) is 2.00. The molecule has 0 bridgehead atoms. The number of thiophene rings is 1. The number of hydrogen-bond donors (Lipinski definition) is 0. The monoisotopic (exact) mass is 290 g/mol. The first-order valence-corrected chi connectivity index (χ1v) is 8.38. The van der Waals surface area contributed by atoms with Crippen LogP contribution in [0.4, 0.5) is 0 Å². The SMILES string of the molecule is CCCCOB(OCCCC)c1cc2ccccc2s1. The van der Waals surface area contributed by atoms with E-state index >= 15 is 0 Å². The molecule has 0 spiro atoms. The summed E-state index contributed by atoms with van der Waals surface area (Å²) < 4.78 is 14.3. The van der Waals surface area contributed by atoms with Crippen LogP contribution in [0.25, 0.3) is 10.1 Å². The van der Waals surface area contributed by atoms with Gasteiger partial charge in [-0.3, -0.25) is 0 Å². The minimum atomic E-state index is -0.203. The molecule has 0 atom stereocenters. The standard InChI is InChI=1S/C16H23BO2S/c1-3-5-11-18-17(19-12-6-4-2)16-13-14-9-7-8-10-15(14)20-16/h7-10,13H,3-6,11-12H2,1-2H3. The summed E-state index contributed by atoms with van der Waals surface area (Å²) in [4.78, 5) is 0. The van der Waals surface area contributed by atoms with Gasteiger partial charge in [-0.25, -0.2) is 0 Å². The van der Waals surface area contributed by atoms with Gasteiger partial charge in [-0.1, -0.05) is 44.9 Å². The van der Waals surface area contributed by atoms with Crippen molar-refractivity contribution in [1.29, 1.82) is 0 Å². The number of fused-ring (bicyclic) bond motifs is 1. The van der Waals surface area contributed by atoms with Crippen molar-refractivity contribution in [3.63, 3.8) is 0 Å². The molecule has 0 radical (unpaired) electrons. The Labute approximate surface area is 126 Å². The fraction of sp³-hybridized carbons (Fsp3) is 0.500. The third-order valence-corrected chi connectivity index (χ3v) is 4.35. The average molecular weight is 290 g/mol. The first-order valence-electron chi connectivity index (χ1n) is 7.56. The third kappa shape index (κ3) is 4.34. The second-order valence-corrected chi connectivity index (χ2v) is 6.08. The highest BCUT2D eigenvalue weighted by Crippen LogP contribution is 2.19. The van der Waals surface area contributed by atoms with Crippen LogP contribution in [0, 0.1) is 0 Å². The van der Waals surface area contributed by atoms with Crippen LogP contribution in [-0.2, 0) is 9.31 Å². The lowest BCUT2D eigenvalue weighted by molar-refractivity contribution is 0.203. The van der Waals surface area contributed by atoms with Crippen molar-refractivity contribution < 1.29 is 9.31 Å². The lowest BCUT2D eigenvalue weighted by Crippen LogP contribution is -2.35. The van der Waals surface area contributed by atoms with Gasteiger partial charge in [0.25, 0.3) is 0 Å². The molecule has 1 aromatic heterocycles. The van der Waals surface area contributed by atoms with E-state index in [-0.39, 0.29) is 7.12 Å². The van der Waals surface area contributed by atoms with Crippen LogP contribution in [-0.4, -0.2) is 20.3 Å². The normalized spacial score (nSPS) is 11.1. The second-order valence-electron chi connectivity index (χ2n) is 4.97. The zero-order valence-electron chi connectivity index (χ0n) is 12.4. The Morgan fingerprint density at radius 2 is 1.65 bits per heavy atom. The van der Waals surface area contributed by atoms with Gasteiger partial charge in [0, 0.05) is 22.7 Å². The molecule has 20 heavy (non-hydrogen) atoms. The van der Waals surface area contributed by atoms with Crippen molar-refractivity contribution in [2.24, 2.45) is 0 Å². The summed E-state index contributed by atoms with van der Waals surface area (Å²) in [7, 11) is -0.203. The zero-order chi connectivity index (χ0) is 14.2. The van der Waals surface area contributed by atoms with E-state index in [1.807, 2.05) is 0 Å². The molecule has 0 N–H and O–H groups in total. The van der Waals surface area contributed by atoms with E-state index in [0.29, 0.717) is 0 Å². The van der Waals surface area contributed by atoms with E-state index in [1.165, 1.54) is 14.9 Å². The van der Waals surface area contributed by atoms with Gasteiger partial charge in [0.1, 0.15) is 0 Å². The summed E-state index contributed by atoms with van der Waals surface area (Å²) in [6.45, 7) is 5.88. The quantitative estimate of drug-likeness (QED) is 0.508. The molecule has 0 aliphatic heterocycles. The predicted molar refractivity (Wildman–Crippen MR) is 88.9 cm³/mol. The number of benzene rings is 1. The first kappa shape index (κ1) is 15.6. The Bertz CT molecular complexity index is 469. The van der Waals surface area contributed by atoms with Crippen molar-refractivity contribution in [2.75, 3.05) is 13.2 Å². The summed E-state index contributed by atoms with van der Waals surface area (Å²) in [6, 6.07) is 10.6. The van der Waals surface area contributed by atoms with Crippen molar-refractivity contribution in [3.8, 4) is 0 Å². The van der Waals surface area contributed by atoms with Crippen molar-refractivity contribution in [2.45, 2.75) is 39.5 Å². The van der Waals surface area contributed by atoms with Crippen LogP contribution >= 0.6 is 11.3 Å². The molecule has 4 heteroatoms. The number of hydrogen-bond acceptors (Lipinski definition) is 3. The van der Waals surface area contributed by atoms with Crippen LogP contribution < -0.4 is 4.78 Å². The van der Waals surface area contributed by atoms with Crippen molar-refractivity contribution in [3.05, 3.63) is 30.3 Å². The molecule has 2 aromatic rings. The second kappa shape index (κ2) is 8.45. The van der Waals surface area contributed by atoms with E-state index in [4.69, 9.17) is 9.31 Å². The Kier molecular flexibility index (Phi) is 6.57. The topological polar surface area (TPSA) is 18.5 Å². The van der Waals surface area contributed by atoms with Crippen LogP contribution in [0.5, 0.6) is 0 Å². The van der Waals surface area contributed by atoms with Gasteiger partial charge in [0.15, 0.2) is 0 Å². The highest BCUT2D eigenvalue weighted by Gasteiger charge is 2.23. The molecule has 0 unspecified atom stereocenters. The Morgan fingerprint density at radius 3 is 2.25 bits per heavy atom. The molecule has 0 aliphatic carbocycles. The molecular formula is C16H23BO2S. The largest absolute Gasteiger partial charge is 0.504 e. The van der Waals surface area contributed by atoms with Gasteiger partial charge in [0.05, 0.1) is 0 Å². The summed E-state index contributed by atoms with van der Waals surface area (Å²) >= 11 is 1.77. The van der Waals surface area contributed by atoms with Crippen LogP contribution in [0.2, 0.25) is 0 Å². The molecular weight excluding hydrogens is 267 g/mol. The maximum atomic E-state index is 5.93. The van der Waals surface area contributed by atoms with E-state index in [0.717, 1.165) is 38.9 Å². The molecule has 108 valence electrons. The lowest BCUT2D eigenvalue weighted by Gasteiger charge is -2.12. The first-order chi connectivity index (χ1) is 9.85. The summed E-state index contributed by atoms with van der Waals surface area (Å²) in [5, 5.41) is 1.27. The Hall–Kier alpha value is -0.835. The number of unbranched alkanes of at least 4 members (excludes halogenated alkanes) is 2. The molecule has 2 nitrogen and oxygen atoms in total. The third-order valence-electron chi connectivity index (χ3n) is 3.21. The number of rotatable bonds is 9. The minimum absolute atomic E-state index is 0.203. The summed E-state index contributed by atoms with van der Waals surface area (Å²) in [5.74, 6) is 0. The minimum Gasteiger partial charge on any atom is -0.407 e. The Balaban J connectivity index is 2.06. The zero-order valence-corrected chi connectivity index (χ0v) is 13.2. The fourth-order valence-corrected chi connectivity index (χ4v) is 3.06. The van der Waals surface area contributed by atoms with Gasteiger partial charge < -0.3 is 9.31 Å². The summed E-state index contributed by atoms with van der Waals surface area (Å²) in [6.07, 6.45) is 4.46. The van der Waals surface area contributed by atoms with Gasteiger partial charge in [0.2, 0.25) is 0 Å². The summed E-state index contributed by atoms with van der Waals surface area (Å²) in [5.41, 5.74) is 0. The molecule has 1 aromatic carbocycles. The smallest absolute Gasteiger partial charge is 0.407 e. The van der Waals surface area contributed by atoms with E-state index in [1.54, 1.807) is 11.3 Å². The Morgan fingerprint density at radius 1 is 1.00 bits per heavy atom. The van der Waals surface area contributed by atoms with E-state index in [9.17, 15) is 0 Å². The maximum Gasteiger partial charge on any atom is 0.504 e. The molecule has 0 saturated carbocycles. The van der Waals surface area contributed by atoms with Crippen molar-refractivity contribution >= 4 is 33.3 Å². The molecule has 2 rings (SSSR count). The van der Waals surface area contributed by atoms with Crippen LogP contribution in [0.15, 0.2) is 30.3 Å². The lowest BCUT2D eigenvalue weighted by atomic mass is 9.87. The average Bonchev–Trinajstić information content (AvgIpc) is 2.89.